The van der Waals surface area contributed by atoms with Crippen LogP contribution in [0.2, 0.25) is 0 Å². The smallest absolute Gasteiger partial charge is 0.0521 e. The van der Waals surface area contributed by atoms with Crippen molar-refractivity contribution in [3.05, 3.63) is 18.0 Å². The molecule has 0 spiro atoms. The third-order valence-corrected chi connectivity index (χ3v) is 3.18. The minimum Gasteiger partial charge on any atom is -0.298 e. The summed E-state index contributed by atoms with van der Waals surface area (Å²) in [5, 5.41) is 4.19. The van der Waals surface area contributed by atoms with Crippen LogP contribution in [0.4, 0.5) is 0 Å². The van der Waals surface area contributed by atoms with E-state index in [4.69, 9.17) is 0 Å². The summed E-state index contributed by atoms with van der Waals surface area (Å²) in [6.45, 7) is 5.89. The van der Waals surface area contributed by atoms with E-state index < -0.39 is 0 Å². The van der Waals surface area contributed by atoms with Gasteiger partial charge in [-0.1, -0.05) is 6.92 Å². The van der Waals surface area contributed by atoms with E-state index in [2.05, 4.69) is 23.0 Å². The van der Waals surface area contributed by atoms with Crippen LogP contribution in [0.5, 0.6) is 0 Å². The summed E-state index contributed by atoms with van der Waals surface area (Å²) in [5.74, 6) is 0.915. The maximum Gasteiger partial charge on any atom is 0.0521 e. The first kappa shape index (κ1) is 9.71. The second kappa shape index (κ2) is 4.13. The first-order valence-corrected chi connectivity index (χ1v) is 5.45. The Morgan fingerprint density at radius 2 is 2.14 bits per heavy atom. The molecule has 1 fully saturated rings. The molecule has 2 heterocycles. The second-order valence-electron chi connectivity index (χ2n) is 4.40. The lowest BCUT2D eigenvalue weighted by molar-refractivity contribution is 0.181. The lowest BCUT2D eigenvalue weighted by atomic mass is 9.99. The maximum absolute atomic E-state index is 4.19. The summed E-state index contributed by atoms with van der Waals surface area (Å²) < 4.78 is 1.97. The molecule has 0 saturated carbocycles. The molecule has 0 bridgehead atoms. The minimum absolute atomic E-state index is 0.915. The molecule has 1 aromatic heterocycles. The van der Waals surface area contributed by atoms with Crippen molar-refractivity contribution in [1.29, 1.82) is 0 Å². The molecule has 1 aliphatic heterocycles. The molecule has 2 rings (SSSR count). The molecule has 3 nitrogen and oxygen atoms in total. The topological polar surface area (TPSA) is 21.1 Å². The molecule has 0 aliphatic carbocycles. The van der Waals surface area contributed by atoms with Crippen LogP contribution in [0, 0.1) is 5.92 Å². The summed E-state index contributed by atoms with van der Waals surface area (Å²) in [5.41, 5.74) is 1.32. The molecule has 0 aromatic carbocycles. The van der Waals surface area contributed by atoms with E-state index in [0.717, 1.165) is 12.5 Å². The van der Waals surface area contributed by atoms with Crippen molar-refractivity contribution < 1.29 is 0 Å². The van der Waals surface area contributed by atoms with Gasteiger partial charge in [0.05, 0.1) is 5.69 Å². The van der Waals surface area contributed by atoms with Gasteiger partial charge in [-0.3, -0.25) is 9.58 Å². The molecule has 78 valence electrons. The molecular weight excluding hydrogens is 174 g/mol. The first-order valence-electron chi connectivity index (χ1n) is 5.45. The van der Waals surface area contributed by atoms with Crippen molar-refractivity contribution in [2.45, 2.75) is 26.3 Å². The quantitative estimate of drug-likeness (QED) is 0.712. The van der Waals surface area contributed by atoms with Crippen LogP contribution in [0.1, 0.15) is 25.5 Å². The van der Waals surface area contributed by atoms with Gasteiger partial charge in [0, 0.05) is 19.8 Å². The van der Waals surface area contributed by atoms with Crippen LogP contribution < -0.4 is 0 Å². The van der Waals surface area contributed by atoms with E-state index in [9.17, 15) is 0 Å². The van der Waals surface area contributed by atoms with Crippen molar-refractivity contribution in [2.24, 2.45) is 13.0 Å². The number of hydrogen-bond acceptors (Lipinski definition) is 2. The van der Waals surface area contributed by atoms with Crippen LogP contribution in [-0.4, -0.2) is 27.8 Å². The number of nitrogens with zero attached hydrogens (tertiary/aromatic N) is 3. The van der Waals surface area contributed by atoms with Crippen LogP contribution in [0.15, 0.2) is 12.3 Å². The second-order valence-corrected chi connectivity index (χ2v) is 4.40. The number of aryl methyl sites for hydroxylation is 1. The number of rotatable bonds is 2. The van der Waals surface area contributed by atoms with Gasteiger partial charge in [0.25, 0.3) is 0 Å². The highest BCUT2D eigenvalue weighted by atomic mass is 15.3. The van der Waals surface area contributed by atoms with Gasteiger partial charge in [0.15, 0.2) is 0 Å². The fourth-order valence-electron chi connectivity index (χ4n) is 2.01. The highest BCUT2D eigenvalue weighted by molar-refractivity contribution is 4.99. The third kappa shape index (κ3) is 2.15. The summed E-state index contributed by atoms with van der Waals surface area (Å²) in [6, 6.07) is 2.11. The van der Waals surface area contributed by atoms with Crippen molar-refractivity contribution in [2.75, 3.05) is 13.1 Å². The van der Waals surface area contributed by atoms with Crippen LogP contribution >= 0.6 is 0 Å². The van der Waals surface area contributed by atoms with Gasteiger partial charge in [-0.15, -0.1) is 0 Å². The van der Waals surface area contributed by atoms with E-state index in [0.29, 0.717) is 0 Å². The number of hydrogen-bond donors (Lipinski definition) is 0. The molecule has 0 unspecified atom stereocenters. The fourth-order valence-corrected chi connectivity index (χ4v) is 2.01. The standard InChI is InChI=1S/C11H19N3/c1-10-4-7-14(8-5-10)9-11-3-6-12-13(11)2/h3,6,10H,4-5,7-9H2,1-2H3. The average molecular weight is 193 g/mol. The van der Waals surface area contributed by atoms with Gasteiger partial charge in [0.2, 0.25) is 0 Å². The van der Waals surface area contributed by atoms with Crippen molar-refractivity contribution in [3.8, 4) is 0 Å². The Morgan fingerprint density at radius 3 is 2.71 bits per heavy atom. The van der Waals surface area contributed by atoms with Gasteiger partial charge in [-0.25, -0.2) is 0 Å². The van der Waals surface area contributed by atoms with Crippen LogP contribution in [-0.2, 0) is 13.6 Å². The average Bonchev–Trinajstić information content (AvgIpc) is 2.56. The zero-order chi connectivity index (χ0) is 9.97. The van der Waals surface area contributed by atoms with Crippen molar-refractivity contribution in [1.82, 2.24) is 14.7 Å². The summed E-state index contributed by atoms with van der Waals surface area (Å²) >= 11 is 0. The lowest BCUT2D eigenvalue weighted by Gasteiger charge is -2.29. The largest absolute Gasteiger partial charge is 0.298 e. The van der Waals surface area contributed by atoms with E-state index in [1.807, 2.05) is 17.9 Å². The molecule has 0 atom stereocenters. The first-order chi connectivity index (χ1) is 6.75. The zero-order valence-electron chi connectivity index (χ0n) is 9.11. The summed E-state index contributed by atoms with van der Waals surface area (Å²) in [7, 11) is 2.02. The molecule has 3 heteroatoms. The molecule has 1 saturated heterocycles. The lowest BCUT2D eigenvalue weighted by Crippen LogP contribution is -2.32. The Hall–Kier alpha value is -0.830. The van der Waals surface area contributed by atoms with Gasteiger partial charge < -0.3 is 0 Å². The highest BCUT2D eigenvalue weighted by Crippen LogP contribution is 2.17. The van der Waals surface area contributed by atoms with Gasteiger partial charge in [-0.05, 0) is 37.9 Å². The Bertz CT molecular complexity index is 284. The fraction of sp³-hybridized carbons (Fsp3) is 0.727. The molecule has 0 N–H and O–H groups in total. The third-order valence-electron chi connectivity index (χ3n) is 3.18. The predicted molar refractivity (Wildman–Crippen MR) is 56.9 cm³/mol. The molecule has 0 amide bonds. The van der Waals surface area contributed by atoms with Crippen molar-refractivity contribution in [3.63, 3.8) is 0 Å². The van der Waals surface area contributed by atoms with E-state index in [1.165, 1.54) is 31.6 Å². The zero-order valence-corrected chi connectivity index (χ0v) is 9.11. The molecular formula is C11H19N3. The Kier molecular flexibility index (Phi) is 2.87. The van der Waals surface area contributed by atoms with E-state index in [-0.39, 0.29) is 0 Å². The number of likely N-dealkylation sites (tertiary alicyclic amines) is 1. The molecule has 14 heavy (non-hydrogen) atoms. The van der Waals surface area contributed by atoms with E-state index in [1.54, 1.807) is 0 Å². The Balaban J connectivity index is 1.89. The number of aromatic nitrogens is 2. The van der Waals surface area contributed by atoms with Crippen molar-refractivity contribution >= 4 is 0 Å². The Morgan fingerprint density at radius 1 is 1.43 bits per heavy atom. The molecule has 1 aliphatic rings. The Labute approximate surface area is 85.7 Å². The van der Waals surface area contributed by atoms with Gasteiger partial charge >= 0.3 is 0 Å². The van der Waals surface area contributed by atoms with E-state index >= 15 is 0 Å². The molecule has 0 radical (unpaired) electrons. The summed E-state index contributed by atoms with van der Waals surface area (Å²) in [4.78, 5) is 2.52. The van der Waals surface area contributed by atoms with Gasteiger partial charge in [0.1, 0.15) is 0 Å². The highest BCUT2D eigenvalue weighted by Gasteiger charge is 2.16. The number of piperidine rings is 1. The van der Waals surface area contributed by atoms with Crippen LogP contribution in [0.3, 0.4) is 0 Å². The van der Waals surface area contributed by atoms with Crippen LogP contribution in [0.25, 0.3) is 0 Å². The predicted octanol–water partition coefficient (Wildman–Crippen LogP) is 1.65. The normalized spacial score (nSPS) is 20.1. The minimum atomic E-state index is 0.915. The monoisotopic (exact) mass is 193 g/mol. The molecule has 1 aromatic rings. The summed E-state index contributed by atoms with van der Waals surface area (Å²) in [6.07, 6.45) is 4.57. The van der Waals surface area contributed by atoms with Gasteiger partial charge in [-0.2, -0.15) is 5.10 Å². The maximum atomic E-state index is 4.19. The SMILES string of the molecule is CC1CCN(Cc2ccnn2C)CC1.